The van der Waals surface area contributed by atoms with E-state index in [2.05, 4.69) is 28.3 Å². The van der Waals surface area contributed by atoms with E-state index < -0.39 is 23.0 Å². The molecule has 10 heteroatoms. The summed E-state index contributed by atoms with van der Waals surface area (Å²) in [7, 11) is 1.64. The van der Waals surface area contributed by atoms with Crippen molar-refractivity contribution in [2.75, 3.05) is 30.8 Å². The predicted octanol–water partition coefficient (Wildman–Crippen LogP) is 6.42. The number of nitrogens with zero attached hydrogens (tertiary/aromatic N) is 2. The first-order valence-electron chi connectivity index (χ1n) is 14.8. The zero-order valence-electron chi connectivity index (χ0n) is 24.8. The number of benzene rings is 3. The lowest BCUT2D eigenvalue weighted by Crippen LogP contribution is -2.36. The van der Waals surface area contributed by atoms with Crippen molar-refractivity contribution in [2.24, 2.45) is 5.41 Å². The molecule has 0 spiro atoms. The molecular weight excluding hydrogens is 575 g/mol. The zero-order chi connectivity index (χ0) is 31.6. The van der Waals surface area contributed by atoms with Crippen LogP contribution in [0.1, 0.15) is 37.2 Å². The number of carbonyl (C=O) groups excluding carboxylic acids is 3. The summed E-state index contributed by atoms with van der Waals surface area (Å²) in [4.78, 5) is 44.4. The minimum atomic E-state index is -1.16. The van der Waals surface area contributed by atoms with Gasteiger partial charge < -0.3 is 25.0 Å². The van der Waals surface area contributed by atoms with Crippen molar-refractivity contribution in [1.82, 2.24) is 9.88 Å². The highest BCUT2D eigenvalue weighted by molar-refractivity contribution is 6.16. The molecule has 3 amide bonds. The third-order valence-corrected chi connectivity index (χ3v) is 8.54. The van der Waals surface area contributed by atoms with E-state index in [1.807, 2.05) is 11.0 Å². The molecule has 1 aliphatic heterocycles. The maximum Gasteiger partial charge on any atom is 0.245 e. The lowest BCUT2D eigenvalue weighted by molar-refractivity contribution is -0.131. The molecule has 2 fully saturated rings. The largest absolute Gasteiger partial charge is 0.496 e. The second-order valence-corrected chi connectivity index (χ2v) is 11.3. The topological polar surface area (TPSA) is 110 Å². The SMILES string of the molecule is C=CC(=O)N1CCC(c2cc3c(Oc4ccc(NC(=O)C5(C(=O)Nc6ccc(F)cc6)CC5)cc4)ccnc3cc2OC)CC1. The second-order valence-electron chi connectivity index (χ2n) is 11.3. The number of hydrogen-bond donors (Lipinski definition) is 2. The van der Waals surface area contributed by atoms with E-state index >= 15 is 0 Å². The van der Waals surface area contributed by atoms with Crippen molar-refractivity contribution in [3.05, 3.63) is 97.0 Å². The van der Waals surface area contributed by atoms with Gasteiger partial charge in [0.05, 0.1) is 12.6 Å². The number of fused-ring (bicyclic) bond motifs is 1. The Morgan fingerprint density at radius 1 is 0.933 bits per heavy atom. The summed E-state index contributed by atoms with van der Waals surface area (Å²) in [6.45, 7) is 4.89. The highest BCUT2D eigenvalue weighted by atomic mass is 19.1. The van der Waals surface area contributed by atoms with Crippen LogP contribution in [0.15, 0.2) is 85.6 Å². The molecule has 1 saturated carbocycles. The first kappa shape index (κ1) is 29.8. The average Bonchev–Trinajstić information content (AvgIpc) is 3.89. The number of aromatic nitrogens is 1. The summed E-state index contributed by atoms with van der Waals surface area (Å²) in [5.74, 6) is 0.876. The normalized spacial score (nSPS) is 15.6. The zero-order valence-corrected chi connectivity index (χ0v) is 24.8. The van der Waals surface area contributed by atoms with Crippen molar-refractivity contribution in [2.45, 2.75) is 31.6 Å². The van der Waals surface area contributed by atoms with Gasteiger partial charge in [-0.05, 0) is 104 Å². The van der Waals surface area contributed by atoms with Gasteiger partial charge in [0.2, 0.25) is 17.7 Å². The van der Waals surface area contributed by atoms with Gasteiger partial charge in [-0.15, -0.1) is 0 Å². The first-order chi connectivity index (χ1) is 21.8. The molecule has 0 atom stereocenters. The van der Waals surface area contributed by atoms with Crippen LogP contribution in [0.4, 0.5) is 15.8 Å². The Bertz CT molecular complexity index is 1760. The molecule has 0 unspecified atom stereocenters. The van der Waals surface area contributed by atoms with Crippen molar-refractivity contribution in [1.29, 1.82) is 0 Å². The predicted molar refractivity (Wildman–Crippen MR) is 169 cm³/mol. The maximum atomic E-state index is 13.2. The summed E-state index contributed by atoms with van der Waals surface area (Å²) < 4.78 is 25.2. The number of carbonyl (C=O) groups is 3. The van der Waals surface area contributed by atoms with Gasteiger partial charge in [-0.2, -0.15) is 0 Å². The van der Waals surface area contributed by atoms with Crippen LogP contribution in [0.2, 0.25) is 0 Å². The lowest BCUT2D eigenvalue weighted by Gasteiger charge is -2.32. The first-order valence-corrected chi connectivity index (χ1v) is 14.8. The van der Waals surface area contributed by atoms with Gasteiger partial charge >= 0.3 is 0 Å². The molecule has 2 aliphatic rings. The Labute approximate surface area is 260 Å². The van der Waals surface area contributed by atoms with Crippen LogP contribution in [0, 0.1) is 11.2 Å². The quantitative estimate of drug-likeness (QED) is 0.168. The van der Waals surface area contributed by atoms with Gasteiger partial charge in [-0.25, -0.2) is 4.39 Å². The van der Waals surface area contributed by atoms with E-state index in [9.17, 15) is 18.8 Å². The van der Waals surface area contributed by atoms with Crippen LogP contribution in [-0.4, -0.2) is 47.8 Å². The summed E-state index contributed by atoms with van der Waals surface area (Å²) in [5.41, 5.74) is 1.58. The van der Waals surface area contributed by atoms with Gasteiger partial charge in [0.1, 0.15) is 28.5 Å². The Morgan fingerprint density at radius 3 is 2.13 bits per heavy atom. The van der Waals surface area contributed by atoms with Crippen LogP contribution in [0.25, 0.3) is 10.9 Å². The Kier molecular flexibility index (Phi) is 8.21. The highest BCUT2D eigenvalue weighted by Crippen LogP contribution is 2.47. The molecule has 2 heterocycles. The molecule has 230 valence electrons. The van der Waals surface area contributed by atoms with E-state index in [-0.39, 0.29) is 11.8 Å². The van der Waals surface area contributed by atoms with Crippen LogP contribution < -0.4 is 20.1 Å². The standard InChI is InChI=1S/C35H33FN4O5/c1-3-32(41)40-18-13-22(14-19-40)27-20-28-29(21-31(27)44-2)37-17-12-30(28)45-26-10-8-25(9-11-26)39-34(43)35(15-16-35)33(42)38-24-6-4-23(36)5-7-24/h3-12,17,20-22H,1,13-16,18-19H2,2H3,(H,38,42)(H,39,43). The number of piperidine rings is 1. The molecule has 45 heavy (non-hydrogen) atoms. The number of likely N-dealkylation sites (tertiary alicyclic amines) is 1. The summed E-state index contributed by atoms with van der Waals surface area (Å²) >= 11 is 0. The van der Waals surface area contributed by atoms with Crippen molar-refractivity contribution in [3.8, 4) is 17.2 Å². The second kappa shape index (κ2) is 12.4. The van der Waals surface area contributed by atoms with Crippen LogP contribution in [-0.2, 0) is 14.4 Å². The number of rotatable bonds is 9. The molecule has 0 radical (unpaired) electrons. The third-order valence-electron chi connectivity index (χ3n) is 8.54. The van der Waals surface area contributed by atoms with Gasteiger partial charge in [0, 0.05) is 42.1 Å². The molecule has 1 saturated heterocycles. The summed E-state index contributed by atoms with van der Waals surface area (Å²) in [6.07, 6.45) is 5.51. The van der Waals surface area contributed by atoms with E-state index in [1.54, 1.807) is 43.6 Å². The third kappa shape index (κ3) is 6.22. The Hall–Kier alpha value is -5.25. The van der Waals surface area contributed by atoms with Crippen LogP contribution >= 0.6 is 0 Å². The molecular formula is C35H33FN4O5. The average molecular weight is 609 g/mol. The minimum absolute atomic E-state index is 0.0520. The fraction of sp³-hybridized carbons (Fsp3) is 0.257. The number of methoxy groups -OCH3 is 1. The number of anilines is 2. The van der Waals surface area contributed by atoms with E-state index in [1.165, 1.54) is 30.3 Å². The van der Waals surface area contributed by atoms with Gasteiger partial charge in [-0.1, -0.05) is 6.58 Å². The molecule has 6 rings (SSSR count). The number of ether oxygens (including phenoxy) is 2. The number of amides is 3. The fourth-order valence-electron chi connectivity index (χ4n) is 5.74. The number of halogens is 1. The summed E-state index contributed by atoms with van der Waals surface area (Å²) in [5, 5.41) is 6.39. The van der Waals surface area contributed by atoms with E-state index in [4.69, 9.17) is 9.47 Å². The van der Waals surface area contributed by atoms with Crippen molar-refractivity contribution < 1.29 is 28.2 Å². The number of nitrogens with one attached hydrogen (secondary N) is 2. The fourth-order valence-corrected chi connectivity index (χ4v) is 5.74. The minimum Gasteiger partial charge on any atom is -0.496 e. The molecule has 2 N–H and O–H groups in total. The summed E-state index contributed by atoms with van der Waals surface area (Å²) in [6, 6.07) is 18.1. The smallest absolute Gasteiger partial charge is 0.245 e. The van der Waals surface area contributed by atoms with Crippen molar-refractivity contribution in [3.63, 3.8) is 0 Å². The molecule has 1 aliphatic carbocycles. The molecule has 9 nitrogen and oxygen atoms in total. The van der Waals surface area contributed by atoms with Crippen molar-refractivity contribution >= 4 is 40.0 Å². The molecule has 4 aromatic rings. The monoisotopic (exact) mass is 608 g/mol. The maximum absolute atomic E-state index is 13.2. The van der Waals surface area contributed by atoms with Gasteiger partial charge in [0.25, 0.3) is 0 Å². The van der Waals surface area contributed by atoms with Gasteiger partial charge in [-0.3, -0.25) is 19.4 Å². The van der Waals surface area contributed by atoms with Crippen LogP contribution in [0.3, 0.4) is 0 Å². The lowest BCUT2D eigenvalue weighted by atomic mass is 9.87. The van der Waals surface area contributed by atoms with Gasteiger partial charge in [0.15, 0.2) is 0 Å². The molecule has 1 aromatic heterocycles. The Morgan fingerprint density at radius 2 is 1.56 bits per heavy atom. The molecule has 3 aromatic carbocycles. The number of pyridine rings is 1. The highest BCUT2D eigenvalue weighted by Gasteiger charge is 2.56. The Balaban J connectivity index is 1.14. The van der Waals surface area contributed by atoms with E-state index in [0.29, 0.717) is 48.8 Å². The van der Waals surface area contributed by atoms with E-state index in [0.717, 1.165) is 35.1 Å². The van der Waals surface area contributed by atoms with Crippen LogP contribution in [0.5, 0.6) is 17.2 Å². The molecule has 0 bridgehead atoms. The number of hydrogen-bond acceptors (Lipinski definition) is 6.